The number of nitrogens with one attached hydrogen (secondary N) is 2. The molecule has 9 rings (SSSR count). The van der Waals surface area contributed by atoms with Gasteiger partial charge in [0.1, 0.15) is 28.6 Å². The SMILES string of the molecule is CC(C)(C)OC(=O)N1CCCC1c1ncc(-c2ccc3c(c2)OC(c2ccccc2)n2c-3cc3cc(-c4cnc(C5CCCN5C(=O)OC(C)(C)C)[nH]4)ccc32)[nH]1. The Bertz CT molecular complexity index is 2470. The number of hydrogen-bond donors (Lipinski definition) is 2. The Labute approximate surface area is 332 Å². The normalized spacial score (nSPS) is 19.4. The van der Waals surface area contributed by atoms with Crippen molar-refractivity contribution >= 4 is 23.1 Å². The third kappa shape index (κ3) is 7.02. The van der Waals surface area contributed by atoms with E-state index in [0.717, 1.165) is 93.3 Å². The molecule has 3 aromatic carbocycles. The van der Waals surface area contributed by atoms with Gasteiger partial charge < -0.3 is 28.7 Å². The summed E-state index contributed by atoms with van der Waals surface area (Å²) in [5.41, 5.74) is 6.67. The van der Waals surface area contributed by atoms with Crippen molar-refractivity contribution in [1.29, 1.82) is 0 Å². The quantitative estimate of drug-likeness (QED) is 0.179. The van der Waals surface area contributed by atoms with Crippen LogP contribution in [-0.4, -0.2) is 70.8 Å². The van der Waals surface area contributed by atoms with Gasteiger partial charge in [-0.05, 0) is 97.6 Å². The zero-order valence-corrected chi connectivity index (χ0v) is 33.3. The lowest BCUT2D eigenvalue weighted by Gasteiger charge is -2.30. The van der Waals surface area contributed by atoms with Crippen molar-refractivity contribution in [3.63, 3.8) is 0 Å². The summed E-state index contributed by atoms with van der Waals surface area (Å²) in [6.07, 6.45) is 6.10. The molecule has 2 fully saturated rings. The standard InChI is InChI=1S/C45H49N7O5/c1-44(2,3)56-42(53)50-20-10-14-35(50)39-46-25-32(48-39)28-17-19-34-30(22-28)23-37-31-18-16-29(24-38(31)55-41(52(34)37)27-12-8-7-9-13-27)33-26-47-40(49-33)36-15-11-21-51(36)43(54)57-45(4,5)6/h7-9,12-13,16-19,22-26,35-36,41H,10-11,14-15,20-21H2,1-6H3,(H,46,48)(H,47,49). The highest BCUT2D eigenvalue weighted by molar-refractivity contribution is 5.92. The van der Waals surface area contributed by atoms with E-state index in [0.29, 0.717) is 13.1 Å². The Balaban J connectivity index is 1.03. The lowest BCUT2D eigenvalue weighted by atomic mass is 10.0. The van der Waals surface area contributed by atoms with E-state index in [2.05, 4.69) is 69.1 Å². The highest BCUT2D eigenvalue weighted by Crippen LogP contribution is 2.46. The van der Waals surface area contributed by atoms with Crippen molar-refractivity contribution in [2.24, 2.45) is 0 Å². The van der Waals surface area contributed by atoms with Crippen molar-refractivity contribution < 1.29 is 23.8 Å². The predicted molar refractivity (Wildman–Crippen MR) is 218 cm³/mol. The fourth-order valence-corrected chi connectivity index (χ4v) is 8.36. The number of carbonyl (C=O) groups is 2. The summed E-state index contributed by atoms with van der Waals surface area (Å²) in [7, 11) is 0. The molecule has 3 aliphatic heterocycles. The molecule has 3 atom stereocenters. The Hall–Kier alpha value is -6.04. The summed E-state index contributed by atoms with van der Waals surface area (Å²) >= 11 is 0. The van der Waals surface area contributed by atoms with E-state index in [-0.39, 0.29) is 24.3 Å². The molecule has 2 N–H and O–H groups in total. The molecule has 3 aliphatic rings. The molecular weight excluding hydrogens is 719 g/mol. The van der Waals surface area contributed by atoms with Gasteiger partial charge >= 0.3 is 12.2 Å². The summed E-state index contributed by atoms with van der Waals surface area (Å²) in [6, 6.07) is 24.9. The van der Waals surface area contributed by atoms with Crippen molar-refractivity contribution in [3.8, 4) is 39.5 Å². The number of H-pyrrole nitrogens is 2. The van der Waals surface area contributed by atoms with E-state index in [1.165, 1.54) is 0 Å². The van der Waals surface area contributed by atoms with Crippen molar-refractivity contribution in [3.05, 3.63) is 102 Å². The van der Waals surface area contributed by atoms with Gasteiger partial charge in [0.05, 0.1) is 47.1 Å². The topological polar surface area (TPSA) is 131 Å². The van der Waals surface area contributed by atoms with Crippen LogP contribution >= 0.6 is 0 Å². The van der Waals surface area contributed by atoms with Gasteiger partial charge in [-0.15, -0.1) is 0 Å². The third-order valence-corrected chi connectivity index (χ3v) is 10.9. The lowest BCUT2D eigenvalue weighted by molar-refractivity contribution is 0.0208. The lowest BCUT2D eigenvalue weighted by Crippen LogP contribution is -2.36. The second kappa shape index (κ2) is 13.9. The first-order valence-electron chi connectivity index (χ1n) is 19.9. The van der Waals surface area contributed by atoms with Crippen LogP contribution in [0.2, 0.25) is 0 Å². The number of aromatic amines is 2. The van der Waals surface area contributed by atoms with Crippen LogP contribution in [0, 0.1) is 0 Å². The van der Waals surface area contributed by atoms with Crippen LogP contribution in [0.5, 0.6) is 5.75 Å². The Morgan fingerprint density at radius 3 is 1.86 bits per heavy atom. The Morgan fingerprint density at radius 1 is 0.719 bits per heavy atom. The molecule has 6 aromatic rings. The summed E-state index contributed by atoms with van der Waals surface area (Å²) in [5, 5.41) is 1.07. The average molecular weight is 768 g/mol. The van der Waals surface area contributed by atoms with Crippen LogP contribution in [0.4, 0.5) is 9.59 Å². The van der Waals surface area contributed by atoms with Gasteiger partial charge in [-0.2, -0.15) is 0 Å². The largest absolute Gasteiger partial charge is 0.465 e. The van der Waals surface area contributed by atoms with Crippen molar-refractivity contribution in [2.45, 2.75) is 96.7 Å². The molecule has 0 saturated carbocycles. The molecule has 6 heterocycles. The molecule has 57 heavy (non-hydrogen) atoms. The minimum Gasteiger partial charge on any atom is -0.465 e. The molecule has 0 radical (unpaired) electrons. The molecule has 3 aromatic heterocycles. The molecule has 2 saturated heterocycles. The van der Waals surface area contributed by atoms with E-state index in [4.69, 9.17) is 24.2 Å². The predicted octanol–water partition coefficient (Wildman–Crippen LogP) is 10.2. The highest BCUT2D eigenvalue weighted by atomic mass is 16.6. The van der Waals surface area contributed by atoms with Crippen LogP contribution in [-0.2, 0) is 9.47 Å². The fraction of sp³-hybridized carbons (Fsp3) is 0.378. The van der Waals surface area contributed by atoms with E-state index in [1.54, 1.807) is 9.80 Å². The molecule has 0 aliphatic carbocycles. The number of hydrogen-bond acceptors (Lipinski definition) is 7. The van der Waals surface area contributed by atoms with Crippen LogP contribution in [0.1, 0.15) is 103 Å². The number of fused-ring (bicyclic) bond motifs is 5. The van der Waals surface area contributed by atoms with Crippen LogP contribution in [0.3, 0.4) is 0 Å². The average Bonchev–Trinajstić information content (AvgIpc) is 4.01. The Kier molecular flexibility index (Phi) is 8.90. The van der Waals surface area contributed by atoms with Gasteiger partial charge in [0.15, 0.2) is 0 Å². The number of nitrogens with zero attached hydrogens (tertiary/aromatic N) is 5. The van der Waals surface area contributed by atoms with Gasteiger partial charge in [0.25, 0.3) is 0 Å². The second-order valence-electron chi connectivity index (χ2n) is 17.3. The second-order valence-corrected chi connectivity index (χ2v) is 17.3. The van der Waals surface area contributed by atoms with E-state index in [1.807, 2.05) is 72.1 Å². The van der Waals surface area contributed by atoms with E-state index >= 15 is 0 Å². The van der Waals surface area contributed by atoms with Gasteiger partial charge in [0.2, 0.25) is 6.23 Å². The molecule has 294 valence electrons. The monoisotopic (exact) mass is 767 g/mol. The van der Waals surface area contributed by atoms with Gasteiger partial charge in [0, 0.05) is 40.7 Å². The highest BCUT2D eigenvalue weighted by Gasteiger charge is 2.37. The van der Waals surface area contributed by atoms with Gasteiger partial charge in [-0.1, -0.05) is 42.5 Å². The number of carbonyl (C=O) groups excluding carboxylic acids is 2. The van der Waals surface area contributed by atoms with Crippen LogP contribution in [0.15, 0.2) is 85.2 Å². The summed E-state index contributed by atoms with van der Waals surface area (Å²) < 4.78 is 20.6. The van der Waals surface area contributed by atoms with Crippen molar-refractivity contribution in [2.75, 3.05) is 13.1 Å². The summed E-state index contributed by atoms with van der Waals surface area (Å²) in [5.74, 6) is 2.28. The summed E-state index contributed by atoms with van der Waals surface area (Å²) in [4.78, 5) is 46.1. The molecule has 12 heteroatoms. The molecule has 12 nitrogen and oxygen atoms in total. The number of likely N-dealkylation sites (tertiary alicyclic amines) is 2. The fourth-order valence-electron chi connectivity index (χ4n) is 8.36. The number of aromatic nitrogens is 5. The van der Waals surface area contributed by atoms with E-state index in [9.17, 15) is 9.59 Å². The van der Waals surface area contributed by atoms with Crippen LogP contribution < -0.4 is 4.74 Å². The Morgan fingerprint density at radius 2 is 1.28 bits per heavy atom. The number of imidazole rings is 2. The maximum Gasteiger partial charge on any atom is 0.410 e. The smallest absolute Gasteiger partial charge is 0.410 e. The minimum atomic E-state index is -0.569. The molecule has 3 unspecified atom stereocenters. The van der Waals surface area contributed by atoms with Gasteiger partial charge in [-0.25, -0.2) is 19.6 Å². The zero-order chi connectivity index (χ0) is 39.6. The van der Waals surface area contributed by atoms with Crippen LogP contribution in [0.25, 0.3) is 44.7 Å². The number of benzene rings is 3. The first-order chi connectivity index (χ1) is 27.3. The third-order valence-electron chi connectivity index (χ3n) is 10.9. The molecule has 0 spiro atoms. The number of amides is 2. The molecule has 0 bridgehead atoms. The maximum atomic E-state index is 13.0. The maximum absolute atomic E-state index is 13.0. The minimum absolute atomic E-state index is 0.160. The number of ether oxygens (including phenoxy) is 3. The summed E-state index contributed by atoms with van der Waals surface area (Å²) in [6.45, 7) is 12.6. The first kappa shape index (κ1) is 36.6. The number of rotatable bonds is 5. The molecule has 2 amide bonds. The van der Waals surface area contributed by atoms with Crippen molar-refractivity contribution in [1.82, 2.24) is 34.3 Å². The first-order valence-corrected chi connectivity index (χ1v) is 19.9. The van der Waals surface area contributed by atoms with E-state index < -0.39 is 17.4 Å². The molecular formula is C45H49N7O5. The van der Waals surface area contributed by atoms with Gasteiger partial charge in [-0.3, -0.25) is 9.80 Å². The zero-order valence-electron chi connectivity index (χ0n) is 33.3.